The van der Waals surface area contributed by atoms with Crippen molar-refractivity contribution in [1.82, 2.24) is 0 Å². The number of hydrogen-bond acceptors (Lipinski definition) is 4. The zero-order valence-corrected chi connectivity index (χ0v) is 16.4. The van der Waals surface area contributed by atoms with Crippen molar-refractivity contribution < 1.29 is 14.3 Å². The van der Waals surface area contributed by atoms with Crippen LogP contribution in [0, 0.1) is 11.3 Å². The van der Waals surface area contributed by atoms with E-state index in [0.29, 0.717) is 22.7 Å². The topological polar surface area (TPSA) is 55.7 Å². The monoisotopic (exact) mass is 373 g/mol. The molecule has 26 heavy (non-hydrogen) atoms. The summed E-state index contributed by atoms with van der Waals surface area (Å²) in [5.74, 6) is -1.21. The molecular weight excluding hydrogens is 350 g/mol. The van der Waals surface area contributed by atoms with Gasteiger partial charge in [-0.3, -0.25) is 9.79 Å². The number of ketones is 1. The van der Waals surface area contributed by atoms with Gasteiger partial charge in [-0.25, -0.2) is 4.79 Å². The molecule has 1 aromatic rings. The van der Waals surface area contributed by atoms with Crippen molar-refractivity contribution in [2.45, 2.75) is 46.5 Å². The Bertz CT molecular complexity index is 822. The summed E-state index contributed by atoms with van der Waals surface area (Å²) >= 11 is 6.46. The Labute approximate surface area is 159 Å². The van der Waals surface area contributed by atoms with Crippen molar-refractivity contribution in [3.05, 3.63) is 46.1 Å². The van der Waals surface area contributed by atoms with Crippen molar-refractivity contribution in [3.8, 4) is 0 Å². The number of halogens is 1. The SMILES string of the molecule is CCOC(=O)C1=C(C)N=C2CC(C)(C)CC(=O)C2C1c1ccccc1Cl. The quantitative estimate of drug-likeness (QED) is 0.720. The molecule has 1 aromatic carbocycles. The first-order chi connectivity index (χ1) is 12.2. The Balaban J connectivity index is 2.20. The second-order valence-corrected chi connectivity index (χ2v) is 8.19. The normalized spacial score (nSPS) is 24.8. The van der Waals surface area contributed by atoms with E-state index in [0.717, 1.165) is 17.7 Å². The smallest absolute Gasteiger partial charge is 0.336 e. The molecule has 2 atom stereocenters. The predicted octanol–water partition coefficient (Wildman–Crippen LogP) is 4.72. The number of rotatable bonds is 3. The zero-order valence-electron chi connectivity index (χ0n) is 15.6. The lowest BCUT2D eigenvalue weighted by Crippen LogP contribution is -2.44. The summed E-state index contributed by atoms with van der Waals surface area (Å²) in [6, 6.07) is 7.39. The molecule has 2 unspecified atom stereocenters. The molecule has 138 valence electrons. The van der Waals surface area contributed by atoms with Crippen LogP contribution in [0.3, 0.4) is 0 Å². The number of carbonyl (C=O) groups excluding carboxylic acids is 2. The number of Topliss-reactive ketones (excluding diaryl/α,β-unsaturated/α-hetero) is 1. The number of hydrogen-bond donors (Lipinski definition) is 0. The van der Waals surface area contributed by atoms with Gasteiger partial charge >= 0.3 is 5.97 Å². The van der Waals surface area contributed by atoms with Gasteiger partial charge in [-0.2, -0.15) is 0 Å². The van der Waals surface area contributed by atoms with E-state index in [4.69, 9.17) is 16.3 Å². The zero-order chi connectivity index (χ0) is 19.1. The maximum atomic E-state index is 13.1. The van der Waals surface area contributed by atoms with Gasteiger partial charge in [-0.05, 0) is 37.3 Å². The number of aliphatic imine (C=N–C) groups is 1. The van der Waals surface area contributed by atoms with Gasteiger partial charge in [-0.1, -0.05) is 43.6 Å². The minimum Gasteiger partial charge on any atom is -0.463 e. The predicted molar refractivity (Wildman–Crippen MR) is 102 cm³/mol. The number of ether oxygens (including phenoxy) is 1. The summed E-state index contributed by atoms with van der Waals surface area (Å²) < 4.78 is 5.28. The molecule has 5 heteroatoms. The highest BCUT2D eigenvalue weighted by Gasteiger charge is 2.48. The standard InChI is InChI=1S/C21H24ClNO3/c1-5-26-20(25)17-12(2)23-15-10-21(3,4)11-16(24)19(15)18(17)13-8-6-7-9-14(13)22/h6-9,18-19H,5,10-11H2,1-4H3. The van der Waals surface area contributed by atoms with Crippen LogP contribution >= 0.6 is 11.6 Å². The van der Waals surface area contributed by atoms with Gasteiger partial charge in [0, 0.05) is 28.8 Å². The number of benzene rings is 1. The Kier molecular flexibility index (Phi) is 5.07. The van der Waals surface area contributed by atoms with E-state index < -0.39 is 17.8 Å². The summed E-state index contributed by atoms with van der Waals surface area (Å²) in [7, 11) is 0. The highest BCUT2D eigenvalue weighted by Crippen LogP contribution is 2.48. The highest BCUT2D eigenvalue weighted by molar-refractivity contribution is 6.31. The number of allylic oxidation sites excluding steroid dienone is 1. The molecule has 0 bridgehead atoms. The molecule has 1 fully saturated rings. The van der Waals surface area contributed by atoms with Gasteiger partial charge in [0.1, 0.15) is 5.78 Å². The molecule has 0 aromatic heterocycles. The molecule has 1 aliphatic heterocycles. The van der Waals surface area contributed by atoms with Crippen LogP contribution in [-0.2, 0) is 14.3 Å². The summed E-state index contributed by atoms with van der Waals surface area (Å²) in [5.41, 5.74) is 2.56. The highest BCUT2D eigenvalue weighted by atomic mass is 35.5. The summed E-state index contributed by atoms with van der Waals surface area (Å²) in [5, 5.41) is 0.547. The van der Waals surface area contributed by atoms with Crippen LogP contribution in [0.25, 0.3) is 0 Å². The number of nitrogens with zero attached hydrogens (tertiary/aromatic N) is 1. The molecule has 0 amide bonds. The van der Waals surface area contributed by atoms with Gasteiger partial charge in [0.2, 0.25) is 0 Å². The van der Waals surface area contributed by atoms with Crippen LogP contribution in [0.2, 0.25) is 5.02 Å². The maximum absolute atomic E-state index is 13.1. The number of esters is 1. The summed E-state index contributed by atoms with van der Waals surface area (Å²) in [6.07, 6.45) is 1.20. The van der Waals surface area contributed by atoms with Crippen molar-refractivity contribution in [2.75, 3.05) is 6.61 Å². The molecule has 1 heterocycles. The number of fused-ring (bicyclic) bond motifs is 1. The first-order valence-electron chi connectivity index (χ1n) is 8.97. The largest absolute Gasteiger partial charge is 0.463 e. The van der Waals surface area contributed by atoms with Gasteiger partial charge < -0.3 is 4.74 Å². The van der Waals surface area contributed by atoms with E-state index in [-0.39, 0.29) is 17.8 Å². The lowest BCUT2D eigenvalue weighted by atomic mass is 9.63. The first-order valence-corrected chi connectivity index (χ1v) is 9.35. The fourth-order valence-electron chi connectivity index (χ4n) is 4.13. The van der Waals surface area contributed by atoms with Gasteiger partial charge in [0.05, 0.1) is 18.1 Å². The van der Waals surface area contributed by atoms with E-state index >= 15 is 0 Å². The number of carbonyl (C=O) groups is 2. The van der Waals surface area contributed by atoms with Gasteiger partial charge in [0.25, 0.3) is 0 Å². The van der Waals surface area contributed by atoms with Crippen molar-refractivity contribution in [2.24, 2.45) is 16.3 Å². The molecule has 4 nitrogen and oxygen atoms in total. The van der Waals surface area contributed by atoms with Crippen LogP contribution in [0.1, 0.15) is 52.0 Å². The molecule has 1 saturated carbocycles. The molecule has 0 saturated heterocycles. The average molecular weight is 374 g/mol. The van der Waals surface area contributed by atoms with Crippen LogP contribution in [0.15, 0.2) is 40.5 Å². The van der Waals surface area contributed by atoms with E-state index in [1.165, 1.54) is 0 Å². The third-order valence-corrected chi connectivity index (χ3v) is 5.44. The second-order valence-electron chi connectivity index (χ2n) is 7.78. The minimum absolute atomic E-state index is 0.110. The maximum Gasteiger partial charge on any atom is 0.336 e. The van der Waals surface area contributed by atoms with Crippen LogP contribution in [-0.4, -0.2) is 24.1 Å². The third kappa shape index (κ3) is 3.35. The van der Waals surface area contributed by atoms with Gasteiger partial charge in [-0.15, -0.1) is 0 Å². The fourth-order valence-corrected chi connectivity index (χ4v) is 4.38. The van der Waals surface area contributed by atoms with Crippen LogP contribution in [0.5, 0.6) is 0 Å². The minimum atomic E-state index is -0.453. The Morgan fingerprint density at radius 2 is 1.96 bits per heavy atom. The Morgan fingerprint density at radius 3 is 2.62 bits per heavy atom. The van der Waals surface area contributed by atoms with Gasteiger partial charge in [0.15, 0.2) is 0 Å². The van der Waals surface area contributed by atoms with Crippen molar-refractivity contribution in [1.29, 1.82) is 0 Å². The third-order valence-electron chi connectivity index (χ3n) is 5.10. The second kappa shape index (κ2) is 6.99. The molecule has 1 aliphatic carbocycles. The van der Waals surface area contributed by atoms with E-state index in [1.807, 2.05) is 25.1 Å². The van der Waals surface area contributed by atoms with Crippen LogP contribution < -0.4 is 0 Å². The Morgan fingerprint density at radius 1 is 1.27 bits per heavy atom. The average Bonchev–Trinajstić information content (AvgIpc) is 2.53. The fraction of sp³-hybridized carbons (Fsp3) is 0.476. The van der Waals surface area contributed by atoms with E-state index in [9.17, 15) is 9.59 Å². The van der Waals surface area contributed by atoms with Crippen molar-refractivity contribution >= 4 is 29.1 Å². The molecule has 0 N–H and O–H groups in total. The lowest BCUT2D eigenvalue weighted by Gasteiger charge is -2.41. The van der Waals surface area contributed by atoms with Crippen molar-refractivity contribution in [3.63, 3.8) is 0 Å². The van der Waals surface area contributed by atoms with E-state index in [1.54, 1.807) is 13.0 Å². The molecule has 3 rings (SSSR count). The molecule has 2 aliphatic rings. The lowest BCUT2D eigenvalue weighted by molar-refractivity contribution is -0.139. The van der Waals surface area contributed by atoms with E-state index in [2.05, 4.69) is 18.8 Å². The Hall–Kier alpha value is -1.94. The molecule has 0 spiro atoms. The molecule has 0 radical (unpaired) electrons. The summed E-state index contributed by atoms with van der Waals surface area (Å²) in [6.45, 7) is 8.00. The summed E-state index contributed by atoms with van der Waals surface area (Å²) in [4.78, 5) is 30.5. The molecular formula is C21H24ClNO3. The first kappa shape index (κ1) is 18.8. The van der Waals surface area contributed by atoms with Crippen LogP contribution in [0.4, 0.5) is 0 Å².